The molecule has 1 aromatic rings. The Bertz CT molecular complexity index is 604. The normalized spacial score (nSPS) is 24.4. The van der Waals surface area contributed by atoms with Gasteiger partial charge in [-0.1, -0.05) is 25.0 Å². The molecule has 3 aliphatic rings. The highest BCUT2D eigenvalue weighted by Gasteiger charge is 2.46. The highest BCUT2D eigenvalue weighted by Crippen LogP contribution is 2.65. The maximum Gasteiger partial charge on any atom is 0.180 e. The summed E-state index contributed by atoms with van der Waals surface area (Å²) in [6, 6.07) is 7.99. The third-order valence-electron chi connectivity index (χ3n) is 5.66. The average molecular weight is 361 g/mol. The second-order valence-corrected chi connectivity index (χ2v) is 10.8. The van der Waals surface area contributed by atoms with Gasteiger partial charge in [-0.25, -0.2) is 0 Å². The quantitative estimate of drug-likeness (QED) is 0.726. The molecule has 3 heterocycles. The molecule has 0 saturated carbocycles. The Labute approximate surface area is 152 Å². The Hall–Kier alpha value is -1.09. The number of piperidine rings is 2. The van der Waals surface area contributed by atoms with E-state index in [4.69, 9.17) is 9.47 Å². The molecule has 1 aromatic carbocycles. The van der Waals surface area contributed by atoms with Crippen molar-refractivity contribution in [3.63, 3.8) is 0 Å². The molecule has 0 aliphatic carbocycles. The zero-order valence-corrected chi connectivity index (χ0v) is 16.2. The first-order chi connectivity index (χ1) is 12.3. The third kappa shape index (κ3) is 3.72. The first-order valence-corrected chi connectivity index (χ1v) is 12.0. The molecule has 0 spiro atoms. The summed E-state index contributed by atoms with van der Waals surface area (Å²) in [6.45, 7) is 7.93. The van der Waals surface area contributed by atoms with E-state index in [-0.39, 0.29) is 0 Å². The lowest BCUT2D eigenvalue weighted by Gasteiger charge is -2.42. The van der Waals surface area contributed by atoms with Crippen LogP contribution in [0.2, 0.25) is 0 Å². The van der Waals surface area contributed by atoms with Crippen LogP contribution in [-0.4, -0.2) is 48.8 Å². The number of fused-ring (bicyclic) bond motifs is 1. The van der Waals surface area contributed by atoms with Gasteiger partial charge in [0.1, 0.15) is 12.4 Å². The third-order valence-corrected chi connectivity index (χ3v) is 9.53. The van der Waals surface area contributed by atoms with Gasteiger partial charge in [-0.3, -0.25) is 0 Å². The number of ether oxygens (including phenoxy) is 2. The fraction of sp³-hybridized carbons (Fsp3) is 0.600. The minimum Gasteiger partial charge on any atom is -0.482 e. The van der Waals surface area contributed by atoms with Crippen molar-refractivity contribution < 1.29 is 9.47 Å². The number of benzene rings is 1. The molecule has 0 unspecified atom stereocenters. The van der Waals surface area contributed by atoms with Gasteiger partial charge in [0, 0.05) is 26.2 Å². The molecule has 0 N–H and O–H groups in total. The Kier molecular flexibility index (Phi) is 5.30. The summed E-state index contributed by atoms with van der Waals surface area (Å²) < 4.78 is 17.7. The van der Waals surface area contributed by atoms with Crippen molar-refractivity contribution in [2.24, 2.45) is 0 Å². The van der Waals surface area contributed by atoms with Crippen LogP contribution in [0, 0.1) is 0 Å². The highest BCUT2D eigenvalue weighted by molar-refractivity contribution is 7.73. The topological polar surface area (TPSA) is 24.9 Å². The van der Waals surface area contributed by atoms with Gasteiger partial charge >= 0.3 is 0 Å². The standard InChI is InChI=1S/C20H30N2O2P/c1-25(21-12-6-2-7-13-21,22-14-8-3-9-15-22)17-18-16-23-19-10-4-5-11-20(19)24-18/h4-5,10-11,17H,2-3,6-9,12-16H2,1H3/q+1/b18-17-. The van der Waals surface area contributed by atoms with Crippen LogP contribution in [0.25, 0.3) is 0 Å². The van der Waals surface area contributed by atoms with Crippen LogP contribution in [0.4, 0.5) is 0 Å². The monoisotopic (exact) mass is 361 g/mol. The number of rotatable bonds is 3. The predicted molar refractivity (Wildman–Crippen MR) is 104 cm³/mol. The van der Waals surface area contributed by atoms with Gasteiger partial charge in [0.25, 0.3) is 0 Å². The molecule has 2 saturated heterocycles. The van der Waals surface area contributed by atoms with E-state index in [1.54, 1.807) is 0 Å². The molecule has 0 bridgehead atoms. The van der Waals surface area contributed by atoms with Crippen molar-refractivity contribution >= 4 is 7.56 Å². The molecule has 0 radical (unpaired) electrons. The maximum atomic E-state index is 6.22. The van der Waals surface area contributed by atoms with Gasteiger partial charge in [-0.2, -0.15) is 9.34 Å². The molecule has 0 atom stereocenters. The maximum absolute atomic E-state index is 6.22. The van der Waals surface area contributed by atoms with E-state index in [0.29, 0.717) is 6.61 Å². The average Bonchev–Trinajstić information content (AvgIpc) is 2.69. The Morgan fingerprint density at radius 3 is 2.00 bits per heavy atom. The van der Waals surface area contributed by atoms with E-state index >= 15 is 0 Å². The Morgan fingerprint density at radius 2 is 1.40 bits per heavy atom. The summed E-state index contributed by atoms with van der Waals surface area (Å²) in [5, 5.41) is 0. The van der Waals surface area contributed by atoms with Crippen molar-refractivity contribution in [3.8, 4) is 11.5 Å². The molecule has 4 nitrogen and oxygen atoms in total. The van der Waals surface area contributed by atoms with Crippen molar-refractivity contribution in [2.75, 3.05) is 39.5 Å². The van der Waals surface area contributed by atoms with E-state index in [0.717, 1.165) is 17.3 Å². The molecule has 25 heavy (non-hydrogen) atoms. The van der Waals surface area contributed by atoms with Gasteiger partial charge in [0.2, 0.25) is 0 Å². The highest BCUT2D eigenvalue weighted by atomic mass is 31.2. The van der Waals surface area contributed by atoms with Crippen molar-refractivity contribution in [2.45, 2.75) is 38.5 Å². The van der Waals surface area contributed by atoms with Crippen LogP contribution in [-0.2, 0) is 0 Å². The fourth-order valence-corrected chi connectivity index (χ4v) is 7.76. The molecule has 136 valence electrons. The molecule has 0 aromatic heterocycles. The Morgan fingerprint density at radius 1 is 0.840 bits per heavy atom. The van der Waals surface area contributed by atoms with Crippen LogP contribution < -0.4 is 9.47 Å². The zero-order chi connectivity index (χ0) is 17.1. The summed E-state index contributed by atoms with van der Waals surface area (Å²) in [5.74, 6) is 5.14. The summed E-state index contributed by atoms with van der Waals surface area (Å²) >= 11 is 0. The van der Waals surface area contributed by atoms with Gasteiger partial charge in [-0.05, 0) is 37.8 Å². The Balaban J connectivity index is 1.61. The van der Waals surface area contributed by atoms with Crippen molar-refractivity contribution in [3.05, 3.63) is 35.8 Å². The summed E-state index contributed by atoms with van der Waals surface area (Å²) in [4.78, 5) is 0. The van der Waals surface area contributed by atoms with Crippen LogP contribution in [0.3, 0.4) is 0 Å². The van der Waals surface area contributed by atoms with Gasteiger partial charge < -0.3 is 9.47 Å². The first-order valence-electron chi connectivity index (χ1n) is 9.74. The summed E-state index contributed by atoms with van der Waals surface area (Å²) in [6.07, 6.45) is 8.05. The van der Waals surface area contributed by atoms with E-state index < -0.39 is 7.56 Å². The fourth-order valence-electron chi connectivity index (χ4n) is 4.22. The smallest absolute Gasteiger partial charge is 0.180 e. The van der Waals surface area contributed by atoms with E-state index in [9.17, 15) is 0 Å². The molecule has 2 fully saturated rings. The van der Waals surface area contributed by atoms with E-state index in [1.165, 1.54) is 64.7 Å². The second-order valence-electron chi connectivity index (χ2n) is 7.44. The van der Waals surface area contributed by atoms with Crippen molar-refractivity contribution in [1.82, 2.24) is 9.34 Å². The number of hydrogen-bond acceptors (Lipinski definition) is 4. The summed E-state index contributed by atoms with van der Waals surface area (Å²) in [5.41, 5.74) is 0. The molecule has 5 heteroatoms. The number of nitrogens with zero attached hydrogens (tertiary/aromatic N) is 2. The number of hydrogen-bond donors (Lipinski definition) is 0. The van der Waals surface area contributed by atoms with Crippen LogP contribution >= 0.6 is 7.56 Å². The lowest BCUT2D eigenvalue weighted by atomic mass is 10.2. The lowest BCUT2D eigenvalue weighted by Crippen LogP contribution is -2.40. The minimum atomic E-state index is -1.50. The first kappa shape index (κ1) is 17.3. The van der Waals surface area contributed by atoms with Gasteiger partial charge in [-0.15, -0.1) is 0 Å². The van der Waals surface area contributed by atoms with Crippen molar-refractivity contribution in [1.29, 1.82) is 0 Å². The predicted octanol–water partition coefficient (Wildman–Crippen LogP) is 4.75. The summed E-state index contributed by atoms with van der Waals surface area (Å²) in [7, 11) is -1.50. The largest absolute Gasteiger partial charge is 0.482 e. The van der Waals surface area contributed by atoms with E-state index in [1.807, 2.05) is 24.3 Å². The molecule has 4 rings (SSSR count). The molecular weight excluding hydrogens is 331 g/mol. The van der Waals surface area contributed by atoms with Gasteiger partial charge in [0.05, 0.1) is 6.66 Å². The van der Waals surface area contributed by atoms with E-state index in [2.05, 4.69) is 21.8 Å². The number of para-hydroxylation sites is 2. The zero-order valence-electron chi connectivity index (χ0n) is 15.3. The molecule has 0 amide bonds. The lowest BCUT2D eigenvalue weighted by molar-refractivity contribution is 0.232. The van der Waals surface area contributed by atoms with Crippen LogP contribution in [0.15, 0.2) is 35.8 Å². The van der Waals surface area contributed by atoms with Gasteiger partial charge in [0.15, 0.2) is 24.8 Å². The minimum absolute atomic E-state index is 0.550. The SMILES string of the molecule is C[P+](/C=C1/COc2ccccc2O1)(N1CCCCC1)N1CCCCC1. The van der Waals surface area contributed by atoms with Crippen LogP contribution in [0.5, 0.6) is 11.5 Å². The second kappa shape index (κ2) is 7.65. The van der Waals surface area contributed by atoms with Crippen LogP contribution in [0.1, 0.15) is 38.5 Å². The molecular formula is C20H30N2O2P+. The molecule has 3 aliphatic heterocycles.